The molecule has 0 fully saturated rings. The van der Waals surface area contributed by atoms with Gasteiger partial charge in [-0.15, -0.1) is 0 Å². The zero-order valence-electron chi connectivity index (χ0n) is 8.76. The monoisotopic (exact) mass is 230 g/mol. The van der Waals surface area contributed by atoms with E-state index < -0.39 is 20.6 Å². The van der Waals surface area contributed by atoms with Crippen molar-refractivity contribution in [3.05, 3.63) is 23.0 Å². The Labute approximate surface area is 90.2 Å². The molecular formula is C10H14O4S. The van der Waals surface area contributed by atoms with E-state index in [0.717, 1.165) is 0 Å². The highest BCUT2D eigenvalue weighted by molar-refractivity contribution is 8.59. The van der Waals surface area contributed by atoms with Crippen molar-refractivity contribution in [2.45, 2.75) is 13.8 Å². The second-order valence-corrected chi connectivity index (χ2v) is 5.36. The molecule has 0 amide bonds. The van der Waals surface area contributed by atoms with Gasteiger partial charge in [0.15, 0.2) is 0 Å². The Kier molecular flexibility index (Phi) is 3.96. The van der Waals surface area contributed by atoms with Gasteiger partial charge in [-0.25, -0.2) is 9.59 Å². The van der Waals surface area contributed by atoms with Crippen LogP contribution in [-0.4, -0.2) is 23.8 Å². The minimum atomic E-state index is -2.33. The molecule has 0 aromatic rings. The molecule has 0 N–H and O–H groups in total. The van der Waals surface area contributed by atoms with E-state index in [4.69, 9.17) is 9.47 Å². The molecule has 1 rings (SSSR count). The molecule has 1 aliphatic rings. The summed E-state index contributed by atoms with van der Waals surface area (Å²) in [6.07, 6.45) is 3.34. The Morgan fingerprint density at radius 2 is 1.40 bits per heavy atom. The van der Waals surface area contributed by atoms with Crippen LogP contribution < -0.4 is 0 Å². The van der Waals surface area contributed by atoms with Crippen LogP contribution in [0, 0.1) is 0 Å². The second-order valence-electron chi connectivity index (χ2n) is 2.73. The summed E-state index contributed by atoms with van der Waals surface area (Å²) < 4.78 is 9.78. The lowest BCUT2D eigenvalue weighted by molar-refractivity contribution is 0.174. The van der Waals surface area contributed by atoms with E-state index in [1.807, 2.05) is 0 Å². The van der Waals surface area contributed by atoms with Gasteiger partial charge in [-0.1, -0.05) is 12.2 Å². The van der Waals surface area contributed by atoms with Gasteiger partial charge in [0.05, 0.1) is 13.2 Å². The summed E-state index contributed by atoms with van der Waals surface area (Å²) in [4.78, 5) is 23.4. The predicted molar refractivity (Wildman–Crippen MR) is 59.9 cm³/mol. The average Bonchev–Trinajstić information content (AvgIpc) is 2.68. The summed E-state index contributed by atoms with van der Waals surface area (Å²) in [5.74, 6) is 0. The zero-order chi connectivity index (χ0) is 11.3. The molecule has 0 aromatic heterocycles. The fourth-order valence-corrected chi connectivity index (χ4v) is 3.08. The molecule has 0 saturated heterocycles. The maximum atomic E-state index is 11.7. The first-order chi connectivity index (χ1) is 7.17. The topological polar surface area (TPSA) is 52.6 Å². The Balaban J connectivity index is 2.89. The van der Waals surface area contributed by atoms with Crippen molar-refractivity contribution in [3.8, 4) is 0 Å². The van der Waals surface area contributed by atoms with Crippen molar-refractivity contribution in [2.75, 3.05) is 13.2 Å². The molecular weight excluding hydrogens is 216 g/mol. The minimum Gasteiger partial charge on any atom is -0.458 e. The van der Waals surface area contributed by atoms with E-state index in [1.165, 1.54) is 0 Å². The lowest BCUT2D eigenvalue weighted by atomic mass is 10.6. The SMILES string of the molecule is CCOC(=O)S1(C(=O)OCC)C=CC=C1. The number of ether oxygens (including phenoxy) is 2. The third-order valence-electron chi connectivity index (χ3n) is 1.77. The summed E-state index contributed by atoms with van der Waals surface area (Å²) in [7, 11) is -2.33. The molecule has 0 atom stereocenters. The fraction of sp³-hybridized carbons (Fsp3) is 0.400. The van der Waals surface area contributed by atoms with E-state index in [-0.39, 0.29) is 13.2 Å². The number of hydrogen-bond donors (Lipinski definition) is 0. The van der Waals surface area contributed by atoms with Gasteiger partial charge >= 0.3 is 10.6 Å². The van der Waals surface area contributed by atoms with Gasteiger partial charge in [-0.3, -0.25) is 0 Å². The van der Waals surface area contributed by atoms with Crippen molar-refractivity contribution in [3.63, 3.8) is 0 Å². The minimum absolute atomic E-state index is 0.259. The summed E-state index contributed by atoms with van der Waals surface area (Å²) in [6.45, 7) is 3.93. The van der Waals surface area contributed by atoms with Crippen molar-refractivity contribution >= 4 is 20.6 Å². The molecule has 1 aliphatic heterocycles. The summed E-state index contributed by atoms with van der Waals surface area (Å²) in [6, 6.07) is 0. The number of allylic oxidation sites excluding steroid dienone is 2. The van der Waals surface area contributed by atoms with Crippen LogP contribution >= 0.6 is 10.0 Å². The van der Waals surface area contributed by atoms with Gasteiger partial charge in [0, 0.05) is 0 Å². The molecule has 4 nitrogen and oxygen atoms in total. The van der Waals surface area contributed by atoms with Gasteiger partial charge < -0.3 is 9.47 Å². The third kappa shape index (κ3) is 2.23. The first-order valence-electron chi connectivity index (χ1n) is 4.69. The molecule has 0 unspecified atom stereocenters. The second kappa shape index (κ2) is 5.02. The highest BCUT2D eigenvalue weighted by Gasteiger charge is 2.40. The van der Waals surface area contributed by atoms with Crippen molar-refractivity contribution in [1.82, 2.24) is 0 Å². The molecule has 0 spiro atoms. The van der Waals surface area contributed by atoms with Gasteiger partial charge in [0.2, 0.25) is 0 Å². The van der Waals surface area contributed by atoms with Crippen LogP contribution in [0.4, 0.5) is 9.59 Å². The normalized spacial score (nSPS) is 18.5. The predicted octanol–water partition coefficient (Wildman–Crippen LogP) is 3.15. The largest absolute Gasteiger partial charge is 0.458 e. The van der Waals surface area contributed by atoms with Crippen molar-refractivity contribution < 1.29 is 19.1 Å². The lowest BCUT2D eigenvalue weighted by Crippen LogP contribution is -2.18. The molecule has 5 heteroatoms. The molecule has 0 radical (unpaired) electrons. The summed E-state index contributed by atoms with van der Waals surface area (Å²) in [5.41, 5.74) is 0. The van der Waals surface area contributed by atoms with Gasteiger partial charge in [0.25, 0.3) is 0 Å². The maximum Gasteiger partial charge on any atom is 0.366 e. The van der Waals surface area contributed by atoms with E-state index in [9.17, 15) is 9.59 Å². The Morgan fingerprint density at radius 1 is 1.00 bits per heavy atom. The van der Waals surface area contributed by atoms with Crippen LogP contribution in [0.1, 0.15) is 13.8 Å². The Hall–Kier alpha value is -1.23. The Morgan fingerprint density at radius 3 is 1.73 bits per heavy atom. The molecule has 84 valence electrons. The van der Waals surface area contributed by atoms with Gasteiger partial charge in [0.1, 0.15) is 0 Å². The highest BCUT2D eigenvalue weighted by Crippen LogP contribution is 2.56. The summed E-state index contributed by atoms with van der Waals surface area (Å²) >= 11 is 0. The molecule has 0 aliphatic carbocycles. The van der Waals surface area contributed by atoms with E-state index in [2.05, 4.69) is 0 Å². The van der Waals surface area contributed by atoms with Crippen LogP contribution in [0.15, 0.2) is 23.0 Å². The maximum absolute atomic E-state index is 11.7. The average molecular weight is 230 g/mol. The molecule has 1 heterocycles. The quantitative estimate of drug-likeness (QED) is 0.684. The molecule has 0 aromatic carbocycles. The van der Waals surface area contributed by atoms with Crippen LogP contribution in [0.3, 0.4) is 0 Å². The van der Waals surface area contributed by atoms with E-state index in [1.54, 1.807) is 36.8 Å². The first-order valence-corrected chi connectivity index (χ1v) is 6.45. The van der Waals surface area contributed by atoms with Crippen molar-refractivity contribution in [1.29, 1.82) is 0 Å². The van der Waals surface area contributed by atoms with Crippen LogP contribution in [0.2, 0.25) is 0 Å². The van der Waals surface area contributed by atoms with Gasteiger partial charge in [-0.05, 0) is 34.7 Å². The Bertz CT molecular complexity index is 287. The molecule has 15 heavy (non-hydrogen) atoms. The smallest absolute Gasteiger partial charge is 0.366 e. The van der Waals surface area contributed by atoms with Crippen molar-refractivity contribution in [2.24, 2.45) is 0 Å². The third-order valence-corrected chi connectivity index (χ3v) is 4.29. The molecule has 0 saturated carbocycles. The molecule has 0 bridgehead atoms. The lowest BCUT2D eigenvalue weighted by Gasteiger charge is -2.25. The van der Waals surface area contributed by atoms with E-state index >= 15 is 0 Å². The standard InChI is InChI=1S/C10H14O4S/c1-3-13-9(11)15(7-5-6-8-15)10(12)14-4-2/h5-8H,3-4H2,1-2H3. The number of carbonyl (C=O) groups excluding carboxylic acids is 2. The number of hydrogen-bond acceptors (Lipinski definition) is 4. The zero-order valence-corrected chi connectivity index (χ0v) is 9.58. The van der Waals surface area contributed by atoms with Crippen LogP contribution in [0.25, 0.3) is 0 Å². The van der Waals surface area contributed by atoms with Crippen LogP contribution in [0.5, 0.6) is 0 Å². The summed E-state index contributed by atoms with van der Waals surface area (Å²) in [5, 5.41) is 2.13. The number of rotatable bonds is 2. The first kappa shape index (κ1) is 11.8. The van der Waals surface area contributed by atoms with E-state index in [0.29, 0.717) is 0 Å². The van der Waals surface area contributed by atoms with Gasteiger partial charge in [-0.2, -0.15) is 0 Å². The highest BCUT2D eigenvalue weighted by atomic mass is 32.3. The van der Waals surface area contributed by atoms with Crippen LogP contribution in [-0.2, 0) is 9.47 Å². The fourth-order valence-electron chi connectivity index (χ4n) is 1.10. The number of carbonyl (C=O) groups is 2.